The molecule has 2 aromatic carbocycles. The Labute approximate surface area is 167 Å². The van der Waals surface area contributed by atoms with Crippen molar-refractivity contribution in [2.75, 3.05) is 4.90 Å². The summed E-state index contributed by atoms with van der Waals surface area (Å²) in [6, 6.07) is 8.91. The van der Waals surface area contributed by atoms with Gasteiger partial charge in [-0.1, -0.05) is 23.5 Å². The third-order valence-corrected chi connectivity index (χ3v) is 5.49. The molecule has 1 aliphatic rings. The van der Waals surface area contributed by atoms with Crippen LogP contribution in [-0.2, 0) is 9.59 Å². The van der Waals surface area contributed by atoms with Gasteiger partial charge >= 0.3 is 0 Å². The Morgan fingerprint density at radius 2 is 1.55 bits per heavy atom. The van der Waals surface area contributed by atoms with E-state index in [0.717, 1.165) is 28.4 Å². The Bertz CT molecular complexity index is 1110. The average Bonchev–Trinajstić information content (AvgIpc) is 3.24. The molecule has 0 aliphatic carbocycles. The molecule has 29 heavy (non-hydrogen) atoms. The first-order valence-electron chi connectivity index (χ1n) is 8.59. The van der Waals surface area contributed by atoms with Gasteiger partial charge in [-0.2, -0.15) is 0 Å². The van der Waals surface area contributed by atoms with E-state index in [1.165, 1.54) is 36.4 Å². The van der Waals surface area contributed by atoms with Gasteiger partial charge in [0, 0.05) is 5.56 Å². The molecule has 2 heterocycles. The SMILES string of the molecule is Cc1nnc(N2C(=O)C(=O)C(C(=O)c3ccc(F)cc3)C2c2ccc(F)cc2)s1. The molecule has 1 aromatic heterocycles. The minimum absolute atomic E-state index is 0.0972. The number of hydrogen-bond acceptors (Lipinski definition) is 6. The Morgan fingerprint density at radius 1 is 0.966 bits per heavy atom. The lowest BCUT2D eigenvalue weighted by Gasteiger charge is -2.24. The van der Waals surface area contributed by atoms with Gasteiger partial charge in [-0.25, -0.2) is 8.78 Å². The number of ketones is 2. The lowest BCUT2D eigenvalue weighted by molar-refractivity contribution is -0.135. The molecule has 4 rings (SSSR count). The number of halogens is 2. The number of amides is 1. The second kappa shape index (κ2) is 7.25. The standard InChI is InChI=1S/C20H13F2N3O3S/c1-10-23-24-20(29-10)25-16(11-2-6-13(21)7-3-11)15(18(27)19(25)28)17(26)12-4-8-14(22)9-5-12/h2-9,15-16H,1H3. The number of aromatic nitrogens is 2. The summed E-state index contributed by atoms with van der Waals surface area (Å²) in [5.74, 6) is -4.82. The van der Waals surface area contributed by atoms with Crippen LogP contribution in [0.15, 0.2) is 48.5 Å². The number of nitrogens with zero attached hydrogens (tertiary/aromatic N) is 3. The van der Waals surface area contributed by atoms with Crippen molar-refractivity contribution in [3.63, 3.8) is 0 Å². The van der Waals surface area contributed by atoms with Crippen LogP contribution in [0.1, 0.15) is 27.0 Å². The molecule has 1 amide bonds. The highest BCUT2D eigenvalue weighted by Crippen LogP contribution is 2.42. The molecular formula is C20H13F2N3O3S. The summed E-state index contributed by atoms with van der Waals surface area (Å²) in [5.41, 5.74) is 0.499. The topological polar surface area (TPSA) is 80.2 Å². The quantitative estimate of drug-likeness (QED) is 0.373. The lowest BCUT2D eigenvalue weighted by atomic mass is 9.86. The van der Waals surface area contributed by atoms with Crippen LogP contribution in [0, 0.1) is 24.5 Å². The molecule has 6 nitrogen and oxygen atoms in total. The van der Waals surface area contributed by atoms with Crippen LogP contribution in [-0.4, -0.2) is 27.7 Å². The van der Waals surface area contributed by atoms with Crippen LogP contribution in [0.3, 0.4) is 0 Å². The van der Waals surface area contributed by atoms with E-state index in [0.29, 0.717) is 10.6 Å². The Hall–Kier alpha value is -3.33. The molecule has 2 unspecified atom stereocenters. The van der Waals surface area contributed by atoms with E-state index in [9.17, 15) is 23.2 Å². The van der Waals surface area contributed by atoms with E-state index in [2.05, 4.69) is 10.2 Å². The van der Waals surface area contributed by atoms with Crippen LogP contribution < -0.4 is 4.90 Å². The first-order chi connectivity index (χ1) is 13.9. The largest absolute Gasteiger partial charge is 0.297 e. The molecule has 0 bridgehead atoms. The number of benzene rings is 2. The minimum atomic E-state index is -1.37. The van der Waals surface area contributed by atoms with Gasteiger partial charge in [0.15, 0.2) is 5.78 Å². The first-order valence-corrected chi connectivity index (χ1v) is 9.41. The van der Waals surface area contributed by atoms with Gasteiger partial charge in [0.1, 0.15) is 22.6 Å². The molecule has 1 fully saturated rings. The monoisotopic (exact) mass is 413 g/mol. The van der Waals surface area contributed by atoms with Crippen molar-refractivity contribution >= 4 is 33.9 Å². The number of Topliss-reactive ketones (excluding diaryl/α,β-unsaturated/α-hetero) is 2. The molecular weight excluding hydrogens is 400 g/mol. The van der Waals surface area contributed by atoms with Crippen molar-refractivity contribution < 1.29 is 23.2 Å². The maximum absolute atomic E-state index is 13.4. The van der Waals surface area contributed by atoms with Crippen LogP contribution in [0.5, 0.6) is 0 Å². The summed E-state index contributed by atoms with van der Waals surface area (Å²) in [5, 5.41) is 8.56. The molecule has 1 saturated heterocycles. The third kappa shape index (κ3) is 3.33. The number of anilines is 1. The minimum Gasteiger partial charge on any atom is -0.293 e. The van der Waals surface area contributed by atoms with Gasteiger partial charge in [0.05, 0.1) is 6.04 Å². The molecule has 0 radical (unpaired) electrons. The number of carbonyl (C=O) groups is 3. The van der Waals surface area contributed by atoms with E-state index in [4.69, 9.17) is 0 Å². The normalized spacial score (nSPS) is 19.1. The molecule has 1 aliphatic heterocycles. The summed E-state index contributed by atoms with van der Waals surface area (Å²) in [6.07, 6.45) is 0. The predicted molar refractivity (Wildman–Crippen MR) is 101 cm³/mol. The fourth-order valence-corrected chi connectivity index (χ4v) is 4.04. The molecule has 0 spiro atoms. The van der Waals surface area contributed by atoms with E-state index in [1.54, 1.807) is 6.92 Å². The zero-order chi connectivity index (χ0) is 20.7. The number of carbonyl (C=O) groups excluding carboxylic acids is 3. The van der Waals surface area contributed by atoms with Crippen molar-refractivity contribution in [3.05, 3.63) is 76.3 Å². The predicted octanol–water partition coefficient (Wildman–Crippen LogP) is 3.28. The Kier molecular flexibility index (Phi) is 4.75. The van der Waals surface area contributed by atoms with Crippen LogP contribution in [0.25, 0.3) is 0 Å². The lowest BCUT2D eigenvalue weighted by Crippen LogP contribution is -2.30. The highest BCUT2D eigenvalue weighted by atomic mass is 32.1. The van der Waals surface area contributed by atoms with Crippen LogP contribution in [0.2, 0.25) is 0 Å². The first kappa shape index (κ1) is 19.0. The van der Waals surface area contributed by atoms with Crippen molar-refractivity contribution in [2.24, 2.45) is 5.92 Å². The molecule has 2 atom stereocenters. The van der Waals surface area contributed by atoms with Crippen molar-refractivity contribution in [3.8, 4) is 0 Å². The Balaban J connectivity index is 1.84. The molecule has 9 heteroatoms. The van der Waals surface area contributed by atoms with Gasteiger partial charge in [0.2, 0.25) is 10.9 Å². The summed E-state index contributed by atoms with van der Waals surface area (Å²) in [7, 11) is 0. The van der Waals surface area contributed by atoms with E-state index in [1.807, 2.05) is 0 Å². The zero-order valence-electron chi connectivity index (χ0n) is 15.0. The fourth-order valence-electron chi connectivity index (χ4n) is 3.32. The summed E-state index contributed by atoms with van der Waals surface area (Å²) in [6.45, 7) is 1.69. The average molecular weight is 413 g/mol. The van der Waals surface area contributed by atoms with Gasteiger partial charge < -0.3 is 0 Å². The number of hydrogen-bond donors (Lipinski definition) is 0. The summed E-state index contributed by atoms with van der Waals surface area (Å²) in [4.78, 5) is 39.9. The second-order valence-electron chi connectivity index (χ2n) is 6.49. The van der Waals surface area contributed by atoms with Crippen LogP contribution in [0.4, 0.5) is 13.9 Å². The Morgan fingerprint density at radius 3 is 2.10 bits per heavy atom. The maximum atomic E-state index is 13.4. The third-order valence-electron chi connectivity index (χ3n) is 4.65. The van der Waals surface area contributed by atoms with E-state index >= 15 is 0 Å². The van der Waals surface area contributed by atoms with Crippen molar-refractivity contribution in [1.82, 2.24) is 10.2 Å². The smallest absolute Gasteiger partial charge is 0.293 e. The highest BCUT2D eigenvalue weighted by Gasteiger charge is 2.53. The van der Waals surface area contributed by atoms with Gasteiger partial charge in [0.25, 0.3) is 5.91 Å². The zero-order valence-corrected chi connectivity index (χ0v) is 15.8. The van der Waals surface area contributed by atoms with E-state index in [-0.39, 0.29) is 10.7 Å². The summed E-state index contributed by atoms with van der Waals surface area (Å²) < 4.78 is 26.7. The molecule has 146 valence electrons. The van der Waals surface area contributed by atoms with Crippen molar-refractivity contribution in [2.45, 2.75) is 13.0 Å². The van der Waals surface area contributed by atoms with Gasteiger partial charge in [-0.05, 0) is 48.9 Å². The number of rotatable bonds is 4. The maximum Gasteiger partial charge on any atom is 0.297 e. The molecule has 3 aromatic rings. The van der Waals surface area contributed by atoms with Gasteiger partial charge in [-0.15, -0.1) is 10.2 Å². The number of aryl methyl sites for hydroxylation is 1. The summed E-state index contributed by atoms with van der Waals surface area (Å²) >= 11 is 1.10. The molecule has 0 N–H and O–H groups in total. The van der Waals surface area contributed by atoms with Gasteiger partial charge in [-0.3, -0.25) is 19.3 Å². The molecule has 0 saturated carbocycles. The second-order valence-corrected chi connectivity index (χ2v) is 7.65. The van der Waals surface area contributed by atoms with Crippen LogP contribution >= 0.6 is 11.3 Å². The fraction of sp³-hybridized carbons (Fsp3) is 0.150. The highest BCUT2D eigenvalue weighted by molar-refractivity contribution is 7.15. The van der Waals surface area contributed by atoms with Crippen molar-refractivity contribution in [1.29, 1.82) is 0 Å². The van der Waals surface area contributed by atoms with E-state index < -0.39 is 41.1 Å².